The van der Waals surface area contributed by atoms with Gasteiger partial charge in [0.25, 0.3) is 3.79 Å². The van der Waals surface area contributed by atoms with Crippen LogP contribution >= 0.6 is 46.6 Å². The molecule has 2 aliphatic rings. The highest BCUT2D eigenvalue weighted by atomic mass is 35.6. The molecule has 0 saturated carbocycles. The Bertz CT molecular complexity index is 652. The fourth-order valence-corrected chi connectivity index (χ4v) is 3.59. The summed E-state index contributed by atoms with van der Waals surface area (Å²) < 4.78 is 1.73. The van der Waals surface area contributed by atoms with E-state index < -0.39 is 9.96 Å². The third-order valence-electron chi connectivity index (χ3n) is 3.06. The fraction of sp³-hybridized carbons (Fsp3) is 0.455. The number of nitrogens with one attached hydrogen (secondary N) is 1. The monoisotopic (exact) mass is 381 g/mol. The van der Waals surface area contributed by atoms with Crippen molar-refractivity contribution in [1.29, 1.82) is 0 Å². The maximum Gasteiger partial charge on any atom is 0.324 e. The highest BCUT2D eigenvalue weighted by Crippen LogP contribution is 2.34. The van der Waals surface area contributed by atoms with E-state index in [-0.39, 0.29) is 5.25 Å². The molecule has 22 heavy (non-hydrogen) atoms. The first-order valence-electron chi connectivity index (χ1n) is 6.42. The molecule has 0 bridgehead atoms. The van der Waals surface area contributed by atoms with Crippen molar-refractivity contribution in [3.63, 3.8) is 0 Å². The summed E-state index contributed by atoms with van der Waals surface area (Å²) in [5.41, 5.74) is 2.60. The molecule has 3 heterocycles. The predicted octanol–water partition coefficient (Wildman–Crippen LogP) is 2.23. The zero-order chi connectivity index (χ0) is 15.7. The SMILES string of the molecule is CCC1Sc2nccn2C1=NON[N+]1=CC=NC1C(Cl)(Cl)Cl. The van der Waals surface area contributed by atoms with Crippen molar-refractivity contribution in [3.05, 3.63) is 12.4 Å². The third-order valence-corrected chi connectivity index (χ3v) is 4.98. The smallest absolute Gasteiger partial charge is 0.279 e. The summed E-state index contributed by atoms with van der Waals surface area (Å²) >= 11 is 19.2. The van der Waals surface area contributed by atoms with E-state index in [2.05, 4.69) is 27.6 Å². The summed E-state index contributed by atoms with van der Waals surface area (Å²) in [5.74, 6) is 0.762. The van der Waals surface area contributed by atoms with Gasteiger partial charge in [-0.1, -0.05) is 58.2 Å². The van der Waals surface area contributed by atoms with Crippen LogP contribution in [-0.2, 0) is 4.94 Å². The van der Waals surface area contributed by atoms with Gasteiger partial charge in [0.1, 0.15) is 0 Å². The van der Waals surface area contributed by atoms with Crippen LogP contribution in [0.5, 0.6) is 0 Å². The molecule has 1 N–H and O–H groups in total. The zero-order valence-corrected chi connectivity index (χ0v) is 14.4. The summed E-state index contributed by atoms with van der Waals surface area (Å²) in [6.07, 6.45) is 6.86. The molecule has 0 saturated heterocycles. The van der Waals surface area contributed by atoms with Gasteiger partial charge in [0.15, 0.2) is 11.0 Å². The van der Waals surface area contributed by atoms with E-state index in [1.165, 1.54) is 10.9 Å². The molecule has 0 amide bonds. The van der Waals surface area contributed by atoms with Gasteiger partial charge in [0.2, 0.25) is 6.21 Å². The van der Waals surface area contributed by atoms with Crippen LogP contribution in [0.4, 0.5) is 0 Å². The normalized spacial score (nSPS) is 25.5. The number of thioether (sulfide) groups is 1. The van der Waals surface area contributed by atoms with Crippen molar-refractivity contribution in [2.75, 3.05) is 0 Å². The molecular weight excluding hydrogens is 371 g/mol. The molecule has 0 aliphatic carbocycles. The largest absolute Gasteiger partial charge is 0.324 e. The lowest BCUT2D eigenvalue weighted by molar-refractivity contribution is -0.663. The Hall–Kier alpha value is -0.960. The van der Waals surface area contributed by atoms with Crippen LogP contribution in [0.25, 0.3) is 0 Å². The van der Waals surface area contributed by atoms with Gasteiger partial charge in [0, 0.05) is 18.0 Å². The average molecular weight is 383 g/mol. The summed E-state index contributed by atoms with van der Waals surface area (Å²) in [5, 5.41) is 5.21. The van der Waals surface area contributed by atoms with Crippen molar-refractivity contribution in [2.45, 2.75) is 33.7 Å². The predicted molar refractivity (Wildman–Crippen MR) is 88.1 cm³/mol. The lowest BCUT2D eigenvalue weighted by atomic mass is 10.3. The second-order valence-corrected chi connectivity index (χ2v) is 8.04. The number of nitrogens with zero attached hydrogens (tertiary/aromatic N) is 5. The summed E-state index contributed by atoms with van der Waals surface area (Å²) in [7, 11) is 0. The van der Waals surface area contributed by atoms with Crippen LogP contribution < -0.4 is 5.59 Å². The molecular formula is C11H12Cl3N6OS+. The molecule has 0 radical (unpaired) electrons. The number of hydrogen-bond acceptors (Lipinski definition) is 6. The Morgan fingerprint density at radius 2 is 2.36 bits per heavy atom. The van der Waals surface area contributed by atoms with Gasteiger partial charge in [-0.15, -0.1) is 0 Å². The van der Waals surface area contributed by atoms with E-state index in [4.69, 9.17) is 39.7 Å². The average Bonchev–Trinajstić information content (AvgIpc) is 3.13. The highest BCUT2D eigenvalue weighted by Gasteiger charge is 2.44. The number of hydrazone groups is 1. The number of alkyl halides is 3. The van der Waals surface area contributed by atoms with Crippen LogP contribution in [-0.4, -0.2) is 47.7 Å². The molecule has 118 valence electrons. The number of aliphatic imine (C=N–C) groups is 1. The van der Waals surface area contributed by atoms with Crippen molar-refractivity contribution < 1.29 is 9.62 Å². The number of aromatic nitrogens is 2. The van der Waals surface area contributed by atoms with Gasteiger partial charge in [-0.05, 0) is 11.6 Å². The van der Waals surface area contributed by atoms with Crippen LogP contribution in [0.2, 0.25) is 0 Å². The maximum absolute atomic E-state index is 5.85. The molecule has 7 nitrogen and oxygen atoms in total. The number of fused-ring (bicyclic) bond motifs is 1. The number of rotatable bonds is 4. The second kappa shape index (κ2) is 6.27. The summed E-state index contributed by atoms with van der Waals surface area (Å²) in [6.45, 7) is 2.08. The zero-order valence-electron chi connectivity index (χ0n) is 11.4. The Morgan fingerprint density at radius 3 is 3.09 bits per heavy atom. The first-order chi connectivity index (χ1) is 10.5. The molecule has 2 aliphatic heterocycles. The van der Waals surface area contributed by atoms with Crippen molar-refractivity contribution >= 4 is 64.8 Å². The number of hydrazine groups is 1. The standard InChI is InChI=1S/C11H12Cl3N6OS/c1-2-7-8(19-5-3-16-10(19)22-7)17-21-18-20-6-4-15-9(20)11(12,13)14/h3-7,9,18H,2H2,1H3/q+1. The molecule has 1 aromatic heterocycles. The molecule has 0 spiro atoms. The van der Waals surface area contributed by atoms with E-state index in [9.17, 15) is 0 Å². The Morgan fingerprint density at radius 1 is 1.55 bits per heavy atom. The number of hydrogen-bond donors (Lipinski definition) is 1. The molecule has 0 aromatic carbocycles. The van der Waals surface area contributed by atoms with Gasteiger partial charge in [-0.2, -0.15) is 0 Å². The first kappa shape index (κ1) is 15.9. The van der Waals surface area contributed by atoms with Gasteiger partial charge in [-0.25, -0.2) is 14.9 Å². The Balaban J connectivity index is 1.68. The highest BCUT2D eigenvalue weighted by molar-refractivity contribution is 8.00. The lowest BCUT2D eigenvalue weighted by Crippen LogP contribution is -2.41. The summed E-state index contributed by atoms with van der Waals surface area (Å²) in [4.78, 5) is 13.5. The van der Waals surface area contributed by atoms with E-state index in [0.29, 0.717) is 0 Å². The van der Waals surface area contributed by atoms with E-state index in [1.807, 2.05) is 10.8 Å². The first-order valence-corrected chi connectivity index (χ1v) is 8.43. The van der Waals surface area contributed by atoms with Gasteiger partial charge in [-0.3, -0.25) is 4.57 Å². The molecule has 3 rings (SSSR count). The molecule has 2 atom stereocenters. The van der Waals surface area contributed by atoms with E-state index >= 15 is 0 Å². The minimum atomic E-state index is -1.58. The van der Waals surface area contributed by atoms with Gasteiger partial charge < -0.3 is 0 Å². The Labute approximate surface area is 145 Å². The van der Waals surface area contributed by atoms with Crippen LogP contribution in [0.1, 0.15) is 13.3 Å². The van der Waals surface area contributed by atoms with Crippen LogP contribution in [0, 0.1) is 0 Å². The van der Waals surface area contributed by atoms with Gasteiger partial charge in [0.05, 0.1) is 11.5 Å². The maximum atomic E-state index is 5.85. The third kappa shape index (κ3) is 3.05. The topological polar surface area (TPSA) is 66.8 Å². The lowest BCUT2D eigenvalue weighted by Gasteiger charge is -2.14. The van der Waals surface area contributed by atoms with E-state index in [0.717, 1.165) is 17.4 Å². The number of imidazole rings is 1. The summed E-state index contributed by atoms with van der Waals surface area (Å²) in [6, 6.07) is 0. The minimum Gasteiger partial charge on any atom is -0.279 e. The quantitative estimate of drug-likeness (QED) is 0.493. The molecule has 2 unspecified atom stereocenters. The number of oxime groups is 1. The minimum absolute atomic E-state index is 0.188. The van der Waals surface area contributed by atoms with Crippen molar-refractivity contribution in [2.24, 2.45) is 10.1 Å². The van der Waals surface area contributed by atoms with Gasteiger partial charge >= 0.3 is 6.17 Å². The van der Waals surface area contributed by atoms with Crippen LogP contribution in [0.3, 0.4) is 0 Å². The fourth-order valence-electron chi connectivity index (χ4n) is 2.04. The Kier molecular flexibility index (Phi) is 4.54. The number of halogens is 3. The van der Waals surface area contributed by atoms with E-state index in [1.54, 1.807) is 24.2 Å². The second-order valence-electron chi connectivity index (χ2n) is 4.50. The molecule has 11 heteroatoms. The van der Waals surface area contributed by atoms with Crippen molar-refractivity contribution in [1.82, 2.24) is 15.1 Å². The van der Waals surface area contributed by atoms with Crippen LogP contribution in [0.15, 0.2) is 27.7 Å². The van der Waals surface area contributed by atoms with Crippen molar-refractivity contribution in [3.8, 4) is 0 Å². The molecule has 1 aromatic rings. The molecule has 0 fully saturated rings.